The fourth-order valence-electron chi connectivity index (χ4n) is 2.54. The summed E-state index contributed by atoms with van der Waals surface area (Å²) in [5.41, 5.74) is -0.146. The van der Waals surface area contributed by atoms with Gasteiger partial charge in [-0.2, -0.15) is 0 Å². The molecular weight excluding hydrogens is 308 g/mol. The normalized spacial score (nSPS) is 18.6. The van der Waals surface area contributed by atoms with E-state index in [0.717, 1.165) is 4.47 Å². The summed E-state index contributed by atoms with van der Waals surface area (Å²) in [6.45, 7) is 0.105. The van der Waals surface area contributed by atoms with Gasteiger partial charge >= 0.3 is 0 Å². The van der Waals surface area contributed by atoms with Gasteiger partial charge in [-0.15, -0.1) is 0 Å². The number of nitrogens with one attached hydrogen (secondary N) is 1. The molecule has 0 aliphatic heterocycles. The Bertz CT molecular complexity index is 535. The van der Waals surface area contributed by atoms with Crippen molar-refractivity contribution in [2.75, 3.05) is 0 Å². The molecule has 1 aromatic rings. The quantitative estimate of drug-likeness (QED) is 0.899. The number of pyridine rings is 1. The summed E-state index contributed by atoms with van der Waals surface area (Å²) in [5.74, 6) is 1.30. The summed E-state index contributed by atoms with van der Waals surface area (Å²) in [6.07, 6.45) is 6.60. The summed E-state index contributed by atoms with van der Waals surface area (Å²) in [5, 5.41) is 3.12. The van der Waals surface area contributed by atoms with Crippen LogP contribution in [-0.4, -0.2) is 16.5 Å². The fourth-order valence-corrected chi connectivity index (χ4v) is 2.92. The van der Waals surface area contributed by atoms with Crippen molar-refractivity contribution >= 4 is 21.8 Å². The number of carbonyl (C=O) groups is 1. The first-order chi connectivity index (χ1) is 9.13. The predicted octanol–water partition coefficient (Wildman–Crippen LogP) is 1.92. The van der Waals surface area contributed by atoms with Crippen molar-refractivity contribution in [2.45, 2.75) is 38.3 Å². The maximum atomic E-state index is 12.1. The van der Waals surface area contributed by atoms with Crippen LogP contribution in [0.2, 0.25) is 0 Å². The van der Waals surface area contributed by atoms with E-state index in [4.69, 9.17) is 0 Å². The minimum atomic E-state index is -0.146. The molecule has 2 fully saturated rings. The molecule has 1 N–H and O–H groups in total. The molecule has 1 heterocycles. The van der Waals surface area contributed by atoms with Crippen molar-refractivity contribution in [3.8, 4) is 0 Å². The SMILES string of the molecule is O=C(Cn1cc(Br)ccc1=O)NC(C1CC1)C1CC1. The molecule has 3 rings (SSSR count). The Morgan fingerprint density at radius 3 is 2.53 bits per heavy atom. The fraction of sp³-hybridized carbons (Fsp3) is 0.571. The van der Waals surface area contributed by atoms with Gasteiger partial charge in [-0.1, -0.05) is 0 Å². The summed E-state index contributed by atoms with van der Waals surface area (Å²) in [7, 11) is 0. The second kappa shape index (κ2) is 5.12. The lowest BCUT2D eigenvalue weighted by molar-refractivity contribution is -0.122. The van der Waals surface area contributed by atoms with E-state index in [2.05, 4.69) is 21.2 Å². The third-order valence-electron chi connectivity index (χ3n) is 3.85. The van der Waals surface area contributed by atoms with E-state index in [-0.39, 0.29) is 18.0 Å². The number of aromatic nitrogens is 1. The van der Waals surface area contributed by atoms with Gasteiger partial charge in [0, 0.05) is 22.8 Å². The lowest BCUT2D eigenvalue weighted by atomic mass is 10.1. The van der Waals surface area contributed by atoms with Crippen LogP contribution in [0.4, 0.5) is 0 Å². The number of amides is 1. The van der Waals surface area contributed by atoms with E-state index in [0.29, 0.717) is 17.9 Å². The maximum Gasteiger partial charge on any atom is 0.251 e. The van der Waals surface area contributed by atoms with E-state index in [1.165, 1.54) is 36.3 Å². The average molecular weight is 325 g/mol. The lowest BCUT2D eigenvalue weighted by Gasteiger charge is -2.18. The van der Waals surface area contributed by atoms with Crippen molar-refractivity contribution < 1.29 is 4.79 Å². The molecule has 0 saturated heterocycles. The largest absolute Gasteiger partial charge is 0.351 e. The second-order valence-corrected chi connectivity index (χ2v) is 6.50. The van der Waals surface area contributed by atoms with E-state index in [1.54, 1.807) is 12.3 Å². The van der Waals surface area contributed by atoms with Gasteiger partial charge in [0.1, 0.15) is 6.54 Å². The molecule has 1 aromatic heterocycles. The van der Waals surface area contributed by atoms with E-state index < -0.39 is 0 Å². The summed E-state index contributed by atoms with van der Waals surface area (Å²) >= 11 is 3.31. The van der Waals surface area contributed by atoms with Gasteiger partial charge in [-0.3, -0.25) is 9.59 Å². The van der Waals surface area contributed by atoms with Crippen molar-refractivity contribution in [1.82, 2.24) is 9.88 Å². The molecule has 2 aliphatic rings. The summed E-state index contributed by atoms with van der Waals surface area (Å²) in [6, 6.07) is 3.50. The average Bonchev–Trinajstić information content (AvgIpc) is 3.25. The first kappa shape index (κ1) is 12.9. The third-order valence-corrected chi connectivity index (χ3v) is 4.32. The highest BCUT2D eigenvalue weighted by Gasteiger charge is 2.42. The number of hydrogen-bond acceptors (Lipinski definition) is 2. The summed E-state index contributed by atoms with van der Waals surface area (Å²) < 4.78 is 2.25. The molecule has 19 heavy (non-hydrogen) atoms. The van der Waals surface area contributed by atoms with Crippen LogP contribution in [0.25, 0.3) is 0 Å². The van der Waals surface area contributed by atoms with E-state index in [1.807, 2.05) is 0 Å². The molecule has 2 aliphatic carbocycles. The highest BCUT2D eigenvalue weighted by molar-refractivity contribution is 9.10. The van der Waals surface area contributed by atoms with Crippen LogP contribution in [0.15, 0.2) is 27.6 Å². The van der Waals surface area contributed by atoms with Crippen molar-refractivity contribution in [3.63, 3.8) is 0 Å². The van der Waals surface area contributed by atoms with Crippen LogP contribution < -0.4 is 10.9 Å². The van der Waals surface area contributed by atoms with Crippen LogP contribution >= 0.6 is 15.9 Å². The topological polar surface area (TPSA) is 51.1 Å². The minimum absolute atomic E-state index is 0.0519. The van der Waals surface area contributed by atoms with Gasteiger partial charge in [0.05, 0.1) is 0 Å². The molecule has 102 valence electrons. The molecule has 1 amide bonds. The molecule has 0 bridgehead atoms. The van der Waals surface area contributed by atoms with Crippen molar-refractivity contribution in [1.29, 1.82) is 0 Å². The molecule has 0 radical (unpaired) electrons. The van der Waals surface area contributed by atoms with E-state index in [9.17, 15) is 9.59 Å². The molecule has 5 heteroatoms. The smallest absolute Gasteiger partial charge is 0.251 e. The van der Waals surface area contributed by atoms with Crippen LogP contribution in [0, 0.1) is 11.8 Å². The molecule has 0 unspecified atom stereocenters. The van der Waals surface area contributed by atoms with Gasteiger partial charge in [0.15, 0.2) is 0 Å². The predicted molar refractivity (Wildman–Crippen MR) is 75.8 cm³/mol. The number of rotatable bonds is 5. The molecule has 2 saturated carbocycles. The highest BCUT2D eigenvalue weighted by Crippen LogP contribution is 2.44. The Labute approximate surface area is 120 Å². The monoisotopic (exact) mass is 324 g/mol. The zero-order valence-corrected chi connectivity index (χ0v) is 12.2. The minimum Gasteiger partial charge on any atom is -0.351 e. The number of halogens is 1. The van der Waals surface area contributed by atoms with Crippen molar-refractivity contribution in [3.05, 3.63) is 33.2 Å². The first-order valence-corrected chi connectivity index (χ1v) is 7.58. The Hall–Kier alpha value is -1.10. The number of hydrogen-bond donors (Lipinski definition) is 1. The zero-order valence-electron chi connectivity index (χ0n) is 10.6. The third kappa shape index (κ3) is 3.26. The van der Waals surface area contributed by atoms with Crippen LogP contribution in [0.5, 0.6) is 0 Å². The van der Waals surface area contributed by atoms with Gasteiger partial charge in [0.2, 0.25) is 5.91 Å². The Morgan fingerprint density at radius 2 is 1.95 bits per heavy atom. The van der Waals surface area contributed by atoms with Gasteiger partial charge in [0.25, 0.3) is 5.56 Å². The summed E-state index contributed by atoms with van der Waals surface area (Å²) in [4.78, 5) is 23.7. The van der Waals surface area contributed by atoms with Gasteiger partial charge in [-0.25, -0.2) is 0 Å². The second-order valence-electron chi connectivity index (χ2n) is 5.58. The van der Waals surface area contributed by atoms with Crippen LogP contribution in [-0.2, 0) is 11.3 Å². The Kier molecular flexibility index (Phi) is 3.48. The molecule has 0 atom stereocenters. The molecule has 0 aromatic carbocycles. The van der Waals surface area contributed by atoms with Crippen molar-refractivity contribution in [2.24, 2.45) is 11.8 Å². The molecular formula is C14H17BrN2O2. The van der Waals surface area contributed by atoms with Crippen LogP contribution in [0.1, 0.15) is 25.7 Å². The van der Waals surface area contributed by atoms with Gasteiger partial charge in [-0.05, 0) is 59.5 Å². The Morgan fingerprint density at radius 1 is 1.32 bits per heavy atom. The zero-order chi connectivity index (χ0) is 13.4. The molecule has 4 nitrogen and oxygen atoms in total. The first-order valence-electron chi connectivity index (χ1n) is 6.79. The maximum absolute atomic E-state index is 12.1. The lowest BCUT2D eigenvalue weighted by Crippen LogP contribution is -2.41. The van der Waals surface area contributed by atoms with Crippen LogP contribution in [0.3, 0.4) is 0 Å². The molecule has 0 spiro atoms. The Balaban J connectivity index is 1.64. The van der Waals surface area contributed by atoms with E-state index >= 15 is 0 Å². The number of carbonyl (C=O) groups excluding carboxylic acids is 1. The highest BCUT2D eigenvalue weighted by atomic mass is 79.9. The number of nitrogens with zero attached hydrogens (tertiary/aromatic N) is 1. The van der Waals surface area contributed by atoms with Gasteiger partial charge < -0.3 is 9.88 Å². The standard InChI is InChI=1S/C14H17BrN2O2/c15-11-5-6-13(19)17(7-11)8-12(18)16-14(9-1-2-9)10-3-4-10/h5-7,9-10,14H,1-4,8H2,(H,16,18).